The summed E-state index contributed by atoms with van der Waals surface area (Å²) in [6.45, 7) is 3.47. The topological polar surface area (TPSA) is 88.5 Å². The van der Waals surface area contributed by atoms with Crippen molar-refractivity contribution in [3.63, 3.8) is 0 Å². The lowest BCUT2D eigenvalue weighted by atomic mass is 9.94. The highest BCUT2D eigenvalue weighted by Crippen LogP contribution is 2.42. The minimum absolute atomic E-state index is 0.00931. The molecule has 1 unspecified atom stereocenters. The van der Waals surface area contributed by atoms with Gasteiger partial charge in [0.25, 0.3) is 11.7 Å². The molecule has 1 atom stereocenters. The number of nitrogens with zero attached hydrogens (tertiary/aromatic N) is 2. The monoisotopic (exact) mass is 468 g/mol. The number of rotatable bonds is 10. The van der Waals surface area contributed by atoms with Crippen molar-refractivity contribution in [3.05, 3.63) is 59.2 Å². The minimum Gasteiger partial charge on any atom is -0.507 e. The number of carbonyl (C=O) groups excluding carboxylic acids is 2. The van der Waals surface area contributed by atoms with E-state index >= 15 is 0 Å². The van der Waals surface area contributed by atoms with Gasteiger partial charge >= 0.3 is 0 Å². The maximum absolute atomic E-state index is 13.3. The summed E-state index contributed by atoms with van der Waals surface area (Å²) < 4.78 is 16.4. The average Bonchev–Trinajstić information content (AvgIpc) is 3.08. The van der Waals surface area contributed by atoms with Gasteiger partial charge in [0.2, 0.25) is 0 Å². The van der Waals surface area contributed by atoms with Crippen LogP contribution in [-0.2, 0) is 9.59 Å². The molecule has 34 heavy (non-hydrogen) atoms. The number of hydrogen-bond acceptors (Lipinski definition) is 7. The van der Waals surface area contributed by atoms with Gasteiger partial charge in [-0.1, -0.05) is 12.1 Å². The van der Waals surface area contributed by atoms with Crippen molar-refractivity contribution in [1.82, 2.24) is 9.80 Å². The van der Waals surface area contributed by atoms with Gasteiger partial charge in [-0.15, -0.1) is 0 Å². The Kier molecular flexibility index (Phi) is 8.17. The molecule has 1 aliphatic heterocycles. The van der Waals surface area contributed by atoms with Crippen LogP contribution < -0.4 is 14.2 Å². The zero-order valence-corrected chi connectivity index (χ0v) is 20.3. The molecule has 0 radical (unpaired) electrons. The fourth-order valence-corrected chi connectivity index (χ4v) is 4.10. The molecule has 0 aliphatic carbocycles. The molecule has 0 spiro atoms. The molecule has 2 aromatic carbocycles. The molecular formula is C26H32N2O6. The van der Waals surface area contributed by atoms with Crippen LogP contribution in [0, 0.1) is 0 Å². The molecule has 182 valence electrons. The van der Waals surface area contributed by atoms with Gasteiger partial charge in [0, 0.05) is 6.54 Å². The van der Waals surface area contributed by atoms with E-state index in [1.54, 1.807) is 24.3 Å². The number of aliphatic hydroxyl groups excluding tert-OH is 1. The van der Waals surface area contributed by atoms with Gasteiger partial charge in [0.1, 0.15) is 23.0 Å². The maximum atomic E-state index is 13.3. The Morgan fingerprint density at radius 3 is 2.47 bits per heavy atom. The van der Waals surface area contributed by atoms with Crippen LogP contribution in [-0.4, -0.2) is 74.6 Å². The average molecular weight is 469 g/mol. The predicted molar refractivity (Wildman–Crippen MR) is 129 cm³/mol. The lowest BCUT2D eigenvalue weighted by Gasteiger charge is -2.26. The van der Waals surface area contributed by atoms with Gasteiger partial charge in [-0.2, -0.15) is 0 Å². The number of ether oxygens (including phenoxy) is 3. The van der Waals surface area contributed by atoms with Crippen molar-refractivity contribution in [2.45, 2.75) is 19.4 Å². The third-order valence-corrected chi connectivity index (χ3v) is 5.69. The van der Waals surface area contributed by atoms with E-state index in [9.17, 15) is 14.7 Å². The van der Waals surface area contributed by atoms with E-state index in [2.05, 4.69) is 0 Å². The molecule has 1 amide bonds. The number of amides is 1. The van der Waals surface area contributed by atoms with Crippen molar-refractivity contribution < 1.29 is 28.9 Å². The van der Waals surface area contributed by atoms with Gasteiger partial charge < -0.3 is 29.1 Å². The van der Waals surface area contributed by atoms with Crippen LogP contribution in [0.3, 0.4) is 0 Å². The number of aliphatic hydroxyl groups is 1. The molecule has 1 N–H and O–H groups in total. The zero-order valence-electron chi connectivity index (χ0n) is 20.3. The lowest BCUT2D eigenvalue weighted by molar-refractivity contribution is -0.139. The summed E-state index contributed by atoms with van der Waals surface area (Å²) >= 11 is 0. The molecular weight excluding hydrogens is 436 g/mol. The quantitative estimate of drug-likeness (QED) is 0.324. The fraction of sp³-hybridized carbons (Fsp3) is 0.385. The summed E-state index contributed by atoms with van der Waals surface area (Å²) in [7, 11) is 6.88. The van der Waals surface area contributed by atoms with Crippen molar-refractivity contribution >= 4 is 17.4 Å². The number of ketones is 1. The summed E-state index contributed by atoms with van der Waals surface area (Å²) in [6, 6.07) is 11.4. The van der Waals surface area contributed by atoms with Crippen molar-refractivity contribution in [1.29, 1.82) is 0 Å². The van der Waals surface area contributed by atoms with E-state index in [-0.39, 0.29) is 16.9 Å². The third kappa shape index (κ3) is 5.17. The first-order valence-electron chi connectivity index (χ1n) is 11.2. The number of hydrogen-bond donors (Lipinski definition) is 1. The van der Waals surface area contributed by atoms with Crippen LogP contribution >= 0.6 is 0 Å². The van der Waals surface area contributed by atoms with Crippen LogP contribution in [0.25, 0.3) is 5.76 Å². The van der Waals surface area contributed by atoms with Gasteiger partial charge in [0.15, 0.2) is 0 Å². The van der Waals surface area contributed by atoms with Gasteiger partial charge in [-0.25, -0.2) is 0 Å². The van der Waals surface area contributed by atoms with Gasteiger partial charge in [0.05, 0.1) is 38.0 Å². The van der Waals surface area contributed by atoms with Crippen LogP contribution in [0.5, 0.6) is 17.2 Å². The third-order valence-electron chi connectivity index (χ3n) is 5.69. The highest BCUT2D eigenvalue weighted by molar-refractivity contribution is 6.46. The number of benzene rings is 2. The first kappa shape index (κ1) is 25.1. The van der Waals surface area contributed by atoms with Crippen LogP contribution in [0.1, 0.15) is 30.5 Å². The van der Waals surface area contributed by atoms with Crippen LogP contribution in [0.4, 0.5) is 0 Å². The molecule has 0 bridgehead atoms. The van der Waals surface area contributed by atoms with Crippen molar-refractivity contribution in [2.24, 2.45) is 0 Å². The Hall–Kier alpha value is -3.52. The predicted octanol–water partition coefficient (Wildman–Crippen LogP) is 3.48. The molecule has 1 saturated heterocycles. The van der Waals surface area contributed by atoms with E-state index in [0.717, 1.165) is 6.54 Å². The van der Waals surface area contributed by atoms with Crippen LogP contribution in [0.15, 0.2) is 48.0 Å². The molecule has 8 heteroatoms. The SMILES string of the molecule is CCOc1cccc(C2/C(=C(\O)c3cc(OC)ccc3OC)C(=O)C(=O)N2CCCN(C)C)c1. The van der Waals surface area contributed by atoms with Gasteiger partial charge in [-0.05, 0) is 69.9 Å². The van der Waals surface area contributed by atoms with Crippen LogP contribution in [0.2, 0.25) is 0 Å². The van der Waals surface area contributed by atoms with E-state index in [0.29, 0.717) is 42.4 Å². The Morgan fingerprint density at radius 1 is 1.06 bits per heavy atom. The first-order valence-corrected chi connectivity index (χ1v) is 11.2. The normalized spacial score (nSPS) is 17.4. The van der Waals surface area contributed by atoms with E-state index in [1.165, 1.54) is 19.1 Å². The molecule has 0 aromatic heterocycles. The maximum Gasteiger partial charge on any atom is 0.295 e. The van der Waals surface area contributed by atoms with Crippen molar-refractivity contribution in [3.8, 4) is 17.2 Å². The minimum atomic E-state index is -0.765. The second-order valence-corrected chi connectivity index (χ2v) is 8.22. The smallest absolute Gasteiger partial charge is 0.295 e. The molecule has 8 nitrogen and oxygen atoms in total. The highest BCUT2D eigenvalue weighted by Gasteiger charge is 2.46. The summed E-state index contributed by atoms with van der Waals surface area (Å²) in [5, 5.41) is 11.4. The molecule has 0 saturated carbocycles. The number of Topliss-reactive ketones (excluding diaryl/α,β-unsaturated/α-hetero) is 1. The molecule has 1 fully saturated rings. The fourth-order valence-electron chi connectivity index (χ4n) is 4.10. The van der Waals surface area contributed by atoms with E-state index < -0.39 is 17.7 Å². The second kappa shape index (κ2) is 11.1. The summed E-state index contributed by atoms with van der Waals surface area (Å²) in [5.74, 6) is -0.224. The molecule has 1 heterocycles. The Labute approximate surface area is 200 Å². The lowest BCUT2D eigenvalue weighted by Crippen LogP contribution is -2.32. The Morgan fingerprint density at radius 2 is 1.82 bits per heavy atom. The van der Waals surface area contributed by atoms with Crippen molar-refractivity contribution in [2.75, 3.05) is 48.0 Å². The largest absolute Gasteiger partial charge is 0.507 e. The molecule has 1 aliphatic rings. The first-order chi connectivity index (χ1) is 16.3. The number of likely N-dealkylation sites (tertiary alicyclic amines) is 1. The van der Waals surface area contributed by atoms with E-state index in [1.807, 2.05) is 44.1 Å². The second-order valence-electron chi connectivity index (χ2n) is 8.22. The number of carbonyl (C=O) groups is 2. The number of methoxy groups -OCH3 is 2. The summed E-state index contributed by atoms with van der Waals surface area (Å²) in [5.41, 5.74) is 0.965. The Balaban J connectivity index is 2.18. The summed E-state index contributed by atoms with van der Waals surface area (Å²) in [4.78, 5) is 29.9. The molecule has 3 rings (SSSR count). The highest BCUT2D eigenvalue weighted by atomic mass is 16.5. The standard InChI is InChI=1S/C26H32N2O6/c1-6-34-19-10-7-9-17(15-19)23-22(25(30)26(31)28(23)14-8-13-27(2)3)24(29)20-16-18(32-4)11-12-21(20)33-5/h7,9-12,15-16,23,29H,6,8,13-14H2,1-5H3/b24-22+. The van der Waals surface area contributed by atoms with E-state index in [4.69, 9.17) is 14.2 Å². The van der Waals surface area contributed by atoms with Gasteiger partial charge in [-0.3, -0.25) is 9.59 Å². The zero-order chi connectivity index (χ0) is 24.8. The summed E-state index contributed by atoms with van der Waals surface area (Å²) in [6.07, 6.45) is 0.671. The molecule has 2 aromatic rings. The Bertz CT molecular complexity index is 1080.